The fraction of sp³-hybridized carbons (Fsp3) is 0.429. The van der Waals surface area contributed by atoms with Gasteiger partial charge < -0.3 is 14.6 Å². The predicted octanol–water partition coefficient (Wildman–Crippen LogP) is 3.48. The van der Waals surface area contributed by atoms with Gasteiger partial charge in [-0.25, -0.2) is 4.90 Å². The molecule has 2 saturated heterocycles. The van der Waals surface area contributed by atoms with E-state index in [0.717, 1.165) is 11.1 Å². The highest BCUT2D eigenvalue weighted by molar-refractivity contribution is 5.28. The van der Waals surface area contributed by atoms with Gasteiger partial charge in [0.05, 0.1) is 18.8 Å². The van der Waals surface area contributed by atoms with E-state index in [4.69, 9.17) is 9.47 Å². The van der Waals surface area contributed by atoms with E-state index < -0.39 is 0 Å². The Morgan fingerprint density at radius 2 is 1.32 bits per heavy atom. The lowest BCUT2D eigenvalue weighted by Gasteiger charge is -2.34. The van der Waals surface area contributed by atoms with Crippen LogP contribution in [0.1, 0.15) is 41.1 Å². The van der Waals surface area contributed by atoms with Crippen LogP contribution < -0.4 is 0 Å². The summed E-state index contributed by atoms with van der Waals surface area (Å²) in [4.78, 5) is 2.32. The van der Waals surface area contributed by atoms with Gasteiger partial charge in [0.15, 0.2) is 0 Å². The van der Waals surface area contributed by atoms with Gasteiger partial charge in [-0.1, -0.05) is 59.7 Å². The van der Waals surface area contributed by atoms with Gasteiger partial charge in [0.1, 0.15) is 12.5 Å². The molecule has 0 aliphatic carbocycles. The van der Waals surface area contributed by atoms with Gasteiger partial charge in [-0.3, -0.25) is 0 Å². The van der Waals surface area contributed by atoms with Gasteiger partial charge in [0.25, 0.3) is 0 Å². The van der Waals surface area contributed by atoms with Crippen LogP contribution in [0.25, 0.3) is 0 Å². The van der Waals surface area contributed by atoms with E-state index in [1.54, 1.807) is 0 Å². The van der Waals surface area contributed by atoms with E-state index in [0.29, 0.717) is 19.6 Å². The van der Waals surface area contributed by atoms with Crippen LogP contribution in [-0.2, 0) is 9.47 Å². The molecule has 3 atom stereocenters. The third-order valence-electron chi connectivity index (χ3n) is 5.37. The molecule has 4 heteroatoms. The highest BCUT2D eigenvalue weighted by Crippen LogP contribution is 2.50. The Hall–Kier alpha value is -1.72. The van der Waals surface area contributed by atoms with Crippen LogP contribution in [0, 0.1) is 13.8 Å². The number of rotatable bonds is 4. The van der Waals surface area contributed by atoms with Crippen molar-refractivity contribution in [2.75, 3.05) is 19.8 Å². The van der Waals surface area contributed by atoms with Gasteiger partial charge in [-0.2, -0.15) is 0 Å². The summed E-state index contributed by atoms with van der Waals surface area (Å²) in [5, 5.41) is 9.62. The summed E-state index contributed by atoms with van der Waals surface area (Å²) in [6.07, 6.45) is 0.347. The van der Waals surface area contributed by atoms with Crippen molar-refractivity contribution in [3.05, 3.63) is 70.8 Å². The second-order valence-electron chi connectivity index (χ2n) is 7.25. The van der Waals surface area contributed by atoms with Gasteiger partial charge >= 0.3 is 0 Å². The molecular formula is C21H25NO3. The molecule has 4 nitrogen and oxygen atoms in total. The van der Waals surface area contributed by atoms with E-state index in [1.807, 2.05) is 0 Å². The lowest BCUT2D eigenvalue weighted by Crippen LogP contribution is -2.45. The zero-order valence-corrected chi connectivity index (χ0v) is 14.8. The van der Waals surface area contributed by atoms with Crippen LogP contribution in [0.4, 0.5) is 0 Å². The van der Waals surface area contributed by atoms with Crippen molar-refractivity contribution < 1.29 is 14.6 Å². The van der Waals surface area contributed by atoms with Gasteiger partial charge in [0.2, 0.25) is 0 Å². The summed E-state index contributed by atoms with van der Waals surface area (Å²) in [6.45, 7) is 5.46. The number of fused-ring (bicyclic) bond motifs is 1. The van der Waals surface area contributed by atoms with Crippen LogP contribution in [0.3, 0.4) is 0 Å². The first-order chi connectivity index (χ1) is 12.1. The maximum Gasteiger partial charge on any atom is 0.139 e. The fourth-order valence-electron chi connectivity index (χ4n) is 3.90. The standard InChI is InChI=1S/C21H25NO3/c1-15-3-7-17(8-4-15)19-22-20(18-9-5-16(2)6-10-18)25-14-21(22,11-12-23)13-24-19/h3-10,19-20,23H,11-14H2,1-2H3/t19-,20+,21-. The molecule has 2 aromatic rings. The summed E-state index contributed by atoms with van der Waals surface area (Å²) in [6, 6.07) is 17.0. The smallest absolute Gasteiger partial charge is 0.139 e. The van der Waals surface area contributed by atoms with E-state index in [9.17, 15) is 5.11 Å². The highest BCUT2D eigenvalue weighted by Gasteiger charge is 2.56. The molecular weight excluding hydrogens is 314 g/mol. The molecule has 2 aromatic carbocycles. The number of hydrogen-bond donors (Lipinski definition) is 1. The summed E-state index contributed by atoms with van der Waals surface area (Å²) in [7, 11) is 0. The Bertz CT molecular complexity index is 668. The molecule has 0 saturated carbocycles. The van der Waals surface area contributed by atoms with Crippen molar-refractivity contribution in [2.24, 2.45) is 0 Å². The average Bonchev–Trinajstić information content (AvgIpc) is 3.14. The number of aliphatic hydroxyl groups excluding tert-OH is 1. The predicted molar refractivity (Wildman–Crippen MR) is 96.0 cm³/mol. The van der Waals surface area contributed by atoms with E-state index in [2.05, 4.69) is 67.3 Å². The average molecular weight is 339 g/mol. The molecule has 2 aliphatic rings. The fourth-order valence-corrected chi connectivity index (χ4v) is 3.90. The maximum absolute atomic E-state index is 9.62. The summed E-state index contributed by atoms with van der Waals surface area (Å²) in [5.74, 6) is 0. The second-order valence-corrected chi connectivity index (χ2v) is 7.25. The molecule has 1 N–H and O–H groups in total. The van der Waals surface area contributed by atoms with Crippen molar-refractivity contribution in [2.45, 2.75) is 38.3 Å². The third-order valence-corrected chi connectivity index (χ3v) is 5.37. The molecule has 0 spiro atoms. The van der Waals surface area contributed by atoms with Crippen molar-refractivity contribution in [1.29, 1.82) is 0 Å². The number of nitrogens with zero attached hydrogens (tertiary/aromatic N) is 1. The van der Waals surface area contributed by atoms with Crippen molar-refractivity contribution in [3.63, 3.8) is 0 Å². The van der Waals surface area contributed by atoms with Crippen LogP contribution in [0.15, 0.2) is 48.5 Å². The highest BCUT2D eigenvalue weighted by atomic mass is 16.6. The van der Waals surface area contributed by atoms with E-state index >= 15 is 0 Å². The normalized spacial score (nSPS) is 29.1. The minimum atomic E-state index is -0.264. The summed E-state index contributed by atoms with van der Waals surface area (Å²) < 4.78 is 12.4. The molecule has 132 valence electrons. The molecule has 0 amide bonds. The Labute approximate surface area is 149 Å². The maximum atomic E-state index is 9.62. The number of hydrogen-bond acceptors (Lipinski definition) is 4. The van der Waals surface area contributed by atoms with Crippen LogP contribution in [0.5, 0.6) is 0 Å². The number of aliphatic hydroxyl groups is 1. The SMILES string of the molecule is Cc1ccc([C@H]2OC[C@]3(CCO)CO[C@@H](c4ccc(C)cc4)N23)cc1. The van der Waals surface area contributed by atoms with Crippen LogP contribution in [0.2, 0.25) is 0 Å². The van der Waals surface area contributed by atoms with Gasteiger partial charge in [0, 0.05) is 6.61 Å². The molecule has 0 bridgehead atoms. The first-order valence-electron chi connectivity index (χ1n) is 8.89. The first kappa shape index (κ1) is 16.7. The zero-order valence-electron chi connectivity index (χ0n) is 14.8. The van der Waals surface area contributed by atoms with Crippen molar-refractivity contribution >= 4 is 0 Å². The molecule has 25 heavy (non-hydrogen) atoms. The van der Waals surface area contributed by atoms with Crippen LogP contribution in [-0.4, -0.2) is 35.4 Å². The molecule has 0 unspecified atom stereocenters. The number of ether oxygens (including phenoxy) is 2. The Kier molecular flexibility index (Phi) is 4.38. The molecule has 2 fully saturated rings. The van der Waals surface area contributed by atoms with E-state index in [-0.39, 0.29) is 24.6 Å². The lowest BCUT2D eigenvalue weighted by atomic mass is 9.96. The molecule has 4 rings (SSSR count). The monoisotopic (exact) mass is 339 g/mol. The lowest BCUT2D eigenvalue weighted by molar-refractivity contribution is -0.0623. The summed E-state index contributed by atoms with van der Waals surface area (Å²) in [5.41, 5.74) is 4.47. The molecule has 2 heterocycles. The second kappa shape index (κ2) is 6.54. The topological polar surface area (TPSA) is 41.9 Å². The number of benzene rings is 2. The zero-order chi connectivity index (χ0) is 17.4. The molecule has 0 aromatic heterocycles. The Balaban J connectivity index is 1.72. The first-order valence-corrected chi connectivity index (χ1v) is 8.89. The molecule has 2 aliphatic heterocycles. The minimum absolute atomic E-state index is 0.129. The van der Waals surface area contributed by atoms with E-state index in [1.165, 1.54) is 11.1 Å². The third kappa shape index (κ3) is 2.89. The van der Waals surface area contributed by atoms with Crippen molar-refractivity contribution in [3.8, 4) is 0 Å². The Morgan fingerprint density at radius 3 is 1.72 bits per heavy atom. The van der Waals surface area contributed by atoms with Gasteiger partial charge in [-0.05, 0) is 31.4 Å². The quantitative estimate of drug-likeness (QED) is 0.926. The van der Waals surface area contributed by atoms with Crippen molar-refractivity contribution in [1.82, 2.24) is 4.90 Å². The van der Waals surface area contributed by atoms with Crippen LogP contribution >= 0.6 is 0 Å². The number of aryl methyl sites for hydroxylation is 2. The summed E-state index contributed by atoms with van der Waals surface area (Å²) >= 11 is 0. The minimum Gasteiger partial charge on any atom is -0.396 e. The molecule has 0 radical (unpaired) electrons. The Morgan fingerprint density at radius 1 is 0.880 bits per heavy atom. The van der Waals surface area contributed by atoms with Gasteiger partial charge in [-0.15, -0.1) is 0 Å². The largest absolute Gasteiger partial charge is 0.396 e.